The van der Waals surface area contributed by atoms with Gasteiger partial charge >= 0.3 is 5.97 Å². The average Bonchev–Trinajstić information content (AvgIpc) is 2.48. The topological polar surface area (TPSA) is 38.3 Å². The summed E-state index contributed by atoms with van der Waals surface area (Å²) in [4.78, 5) is 11.4. The molecular formula is C15H13F2NO2. The van der Waals surface area contributed by atoms with Gasteiger partial charge in [0.25, 0.3) is 0 Å². The van der Waals surface area contributed by atoms with Gasteiger partial charge in [-0.25, -0.2) is 13.6 Å². The molecule has 1 N–H and O–H groups in total. The minimum absolute atomic E-state index is 0.119. The van der Waals surface area contributed by atoms with E-state index in [1.165, 1.54) is 19.2 Å². The summed E-state index contributed by atoms with van der Waals surface area (Å²) in [5, 5.41) is 2.93. The molecule has 0 aromatic heterocycles. The predicted molar refractivity (Wildman–Crippen MR) is 71.5 cm³/mol. The number of carbonyl (C=O) groups is 1. The first kappa shape index (κ1) is 14.0. The zero-order chi connectivity index (χ0) is 14.5. The third-order valence-corrected chi connectivity index (χ3v) is 2.80. The van der Waals surface area contributed by atoms with Crippen LogP contribution in [0.4, 0.5) is 14.5 Å². The monoisotopic (exact) mass is 277 g/mol. The molecule has 0 saturated heterocycles. The molecule has 0 heterocycles. The van der Waals surface area contributed by atoms with E-state index in [9.17, 15) is 13.6 Å². The van der Waals surface area contributed by atoms with Crippen LogP contribution >= 0.6 is 0 Å². The second-order valence-corrected chi connectivity index (χ2v) is 4.14. The van der Waals surface area contributed by atoms with Gasteiger partial charge in [-0.3, -0.25) is 0 Å². The number of anilines is 1. The number of carbonyl (C=O) groups excluding carboxylic acids is 1. The standard InChI is InChI=1S/C15H13F2NO2/c1-20-15(19)10-4-2-6-12(8-10)18-9-11-5-3-7-13(16)14(11)17/h2-8,18H,9H2,1H3. The van der Waals surface area contributed by atoms with Crippen LogP contribution < -0.4 is 5.32 Å². The Kier molecular flexibility index (Phi) is 4.30. The van der Waals surface area contributed by atoms with E-state index in [1.807, 2.05) is 0 Å². The summed E-state index contributed by atoms with van der Waals surface area (Å²) in [6.07, 6.45) is 0. The molecule has 2 rings (SSSR count). The highest BCUT2D eigenvalue weighted by Crippen LogP contribution is 2.15. The second kappa shape index (κ2) is 6.14. The molecule has 0 aliphatic heterocycles. The van der Waals surface area contributed by atoms with E-state index in [4.69, 9.17) is 0 Å². The molecule has 0 atom stereocenters. The Morgan fingerprint density at radius 2 is 1.95 bits per heavy atom. The molecule has 0 aliphatic rings. The van der Waals surface area contributed by atoms with Crippen molar-refractivity contribution in [1.82, 2.24) is 0 Å². The number of esters is 1. The molecule has 5 heteroatoms. The highest BCUT2D eigenvalue weighted by Gasteiger charge is 2.08. The van der Waals surface area contributed by atoms with E-state index in [-0.39, 0.29) is 12.1 Å². The third-order valence-electron chi connectivity index (χ3n) is 2.80. The first-order valence-corrected chi connectivity index (χ1v) is 5.97. The molecule has 0 spiro atoms. The van der Waals surface area contributed by atoms with Crippen molar-refractivity contribution in [2.75, 3.05) is 12.4 Å². The van der Waals surface area contributed by atoms with Crippen molar-refractivity contribution in [3.8, 4) is 0 Å². The van der Waals surface area contributed by atoms with Crippen molar-refractivity contribution < 1.29 is 18.3 Å². The Morgan fingerprint density at radius 1 is 1.20 bits per heavy atom. The summed E-state index contributed by atoms with van der Waals surface area (Å²) < 4.78 is 31.1. The molecule has 104 valence electrons. The first-order chi connectivity index (χ1) is 9.61. The summed E-state index contributed by atoms with van der Waals surface area (Å²) in [5.41, 5.74) is 1.22. The van der Waals surface area contributed by atoms with E-state index < -0.39 is 17.6 Å². The number of methoxy groups -OCH3 is 1. The van der Waals surface area contributed by atoms with Crippen molar-refractivity contribution in [2.45, 2.75) is 6.54 Å². The zero-order valence-corrected chi connectivity index (χ0v) is 10.8. The van der Waals surface area contributed by atoms with Crippen LogP contribution in [-0.2, 0) is 11.3 Å². The molecule has 0 bridgehead atoms. The van der Waals surface area contributed by atoms with E-state index in [2.05, 4.69) is 10.1 Å². The highest BCUT2D eigenvalue weighted by molar-refractivity contribution is 5.90. The smallest absolute Gasteiger partial charge is 0.337 e. The lowest BCUT2D eigenvalue weighted by atomic mass is 10.1. The van der Waals surface area contributed by atoms with Crippen LogP contribution in [0.3, 0.4) is 0 Å². The number of hydrogen-bond acceptors (Lipinski definition) is 3. The average molecular weight is 277 g/mol. The van der Waals surface area contributed by atoms with Gasteiger partial charge < -0.3 is 10.1 Å². The highest BCUT2D eigenvalue weighted by atomic mass is 19.2. The van der Waals surface area contributed by atoms with Gasteiger partial charge in [0.15, 0.2) is 11.6 Å². The summed E-state index contributed by atoms with van der Waals surface area (Å²) in [6.45, 7) is 0.119. The zero-order valence-electron chi connectivity index (χ0n) is 10.8. The Bertz CT molecular complexity index is 629. The molecule has 2 aromatic rings. The fourth-order valence-corrected chi connectivity index (χ4v) is 1.76. The number of nitrogens with one attached hydrogen (secondary N) is 1. The summed E-state index contributed by atoms with van der Waals surface area (Å²) in [6, 6.07) is 10.6. The Labute approximate surface area is 115 Å². The normalized spacial score (nSPS) is 10.2. The summed E-state index contributed by atoms with van der Waals surface area (Å²) in [5.74, 6) is -2.21. The van der Waals surface area contributed by atoms with E-state index in [0.29, 0.717) is 11.3 Å². The van der Waals surface area contributed by atoms with Gasteiger partial charge in [-0.15, -0.1) is 0 Å². The van der Waals surface area contributed by atoms with E-state index in [0.717, 1.165) is 6.07 Å². The molecule has 3 nitrogen and oxygen atoms in total. The van der Waals surface area contributed by atoms with Crippen LogP contribution in [0.15, 0.2) is 42.5 Å². The lowest BCUT2D eigenvalue weighted by Crippen LogP contribution is -2.05. The number of rotatable bonds is 4. The Morgan fingerprint density at radius 3 is 2.70 bits per heavy atom. The van der Waals surface area contributed by atoms with Gasteiger partial charge in [-0.2, -0.15) is 0 Å². The van der Waals surface area contributed by atoms with Gasteiger partial charge in [-0.05, 0) is 24.3 Å². The minimum atomic E-state index is -0.882. The molecule has 0 fully saturated rings. The summed E-state index contributed by atoms with van der Waals surface area (Å²) in [7, 11) is 1.30. The fourth-order valence-electron chi connectivity index (χ4n) is 1.76. The third kappa shape index (κ3) is 3.12. The van der Waals surface area contributed by atoms with Crippen LogP contribution in [0.25, 0.3) is 0 Å². The van der Waals surface area contributed by atoms with Crippen LogP contribution in [0, 0.1) is 11.6 Å². The number of halogens is 2. The summed E-state index contributed by atoms with van der Waals surface area (Å²) >= 11 is 0. The molecule has 0 saturated carbocycles. The fraction of sp³-hybridized carbons (Fsp3) is 0.133. The lowest BCUT2D eigenvalue weighted by molar-refractivity contribution is 0.0601. The van der Waals surface area contributed by atoms with Gasteiger partial charge in [0.05, 0.1) is 12.7 Å². The molecule has 0 amide bonds. The first-order valence-electron chi connectivity index (χ1n) is 5.97. The number of ether oxygens (including phenoxy) is 1. The SMILES string of the molecule is COC(=O)c1cccc(NCc2cccc(F)c2F)c1. The van der Waals surface area contributed by atoms with Gasteiger partial charge in [-0.1, -0.05) is 18.2 Å². The number of hydrogen-bond donors (Lipinski definition) is 1. The van der Waals surface area contributed by atoms with Crippen molar-refractivity contribution in [1.29, 1.82) is 0 Å². The minimum Gasteiger partial charge on any atom is -0.465 e. The van der Waals surface area contributed by atoms with Crippen molar-refractivity contribution in [2.24, 2.45) is 0 Å². The molecule has 2 aromatic carbocycles. The molecule has 0 radical (unpaired) electrons. The van der Waals surface area contributed by atoms with E-state index >= 15 is 0 Å². The molecular weight excluding hydrogens is 264 g/mol. The number of benzene rings is 2. The quantitative estimate of drug-likeness (QED) is 0.871. The predicted octanol–water partition coefficient (Wildman–Crippen LogP) is 3.36. The van der Waals surface area contributed by atoms with Crippen molar-refractivity contribution in [3.63, 3.8) is 0 Å². The van der Waals surface area contributed by atoms with Crippen molar-refractivity contribution >= 4 is 11.7 Å². The molecule has 0 unspecified atom stereocenters. The maximum absolute atomic E-state index is 13.5. The van der Waals surface area contributed by atoms with Crippen LogP contribution in [0.1, 0.15) is 15.9 Å². The van der Waals surface area contributed by atoms with Crippen LogP contribution in [0.2, 0.25) is 0 Å². The lowest BCUT2D eigenvalue weighted by Gasteiger charge is -2.09. The van der Waals surface area contributed by atoms with E-state index in [1.54, 1.807) is 24.3 Å². The Balaban J connectivity index is 2.11. The molecule has 0 aliphatic carbocycles. The Hall–Kier alpha value is -2.43. The van der Waals surface area contributed by atoms with Gasteiger partial charge in [0.1, 0.15) is 0 Å². The molecule has 20 heavy (non-hydrogen) atoms. The largest absolute Gasteiger partial charge is 0.465 e. The van der Waals surface area contributed by atoms with Gasteiger partial charge in [0.2, 0.25) is 0 Å². The maximum atomic E-state index is 13.5. The van der Waals surface area contributed by atoms with Crippen LogP contribution in [0.5, 0.6) is 0 Å². The van der Waals surface area contributed by atoms with Crippen LogP contribution in [-0.4, -0.2) is 13.1 Å². The van der Waals surface area contributed by atoms with Crippen molar-refractivity contribution in [3.05, 3.63) is 65.2 Å². The van der Waals surface area contributed by atoms with Gasteiger partial charge in [0, 0.05) is 17.8 Å². The maximum Gasteiger partial charge on any atom is 0.337 e. The second-order valence-electron chi connectivity index (χ2n) is 4.14.